The summed E-state index contributed by atoms with van der Waals surface area (Å²) in [6.07, 6.45) is 5.01. The first-order valence-electron chi connectivity index (χ1n) is 7.09. The number of aliphatic hydroxyl groups excluding tert-OH is 1. The number of methoxy groups -OCH3 is 2. The average Bonchev–Trinajstić information content (AvgIpc) is 2.56. The predicted molar refractivity (Wildman–Crippen MR) is 87.3 cm³/mol. The van der Waals surface area contributed by atoms with Gasteiger partial charge in [0.15, 0.2) is 0 Å². The van der Waals surface area contributed by atoms with E-state index in [0.717, 1.165) is 22.6 Å². The number of terminal acetylenes is 1. The SMILES string of the molecule is C#CCC(O)C(c1ccc(OC)cc1)c1ccc(OC)cc1. The van der Waals surface area contributed by atoms with E-state index in [0.29, 0.717) is 6.42 Å². The molecule has 1 N–H and O–H groups in total. The van der Waals surface area contributed by atoms with Gasteiger partial charge in [-0.3, -0.25) is 0 Å². The Morgan fingerprint density at radius 3 is 1.64 bits per heavy atom. The summed E-state index contributed by atoms with van der Waals surface area (Å²) in [4.78, 5) is 0. The molecule has 22 heavy (non-hydrogen) atoms. The summed E-state index contributed by atoms with van der Waals surface area (Å²) in [6, 6.07) is 15.3. The molecule has 1 atom stereocenters. The van der Waals surface area contributed by atoms with Gasteiger partial charge >= 0.3 is 0 Å². The van der Waals surface area contributed by atoms with Gasteiger partial charge in [0, 0.05) is 12.3 Å². The minimum Gasteiger partial charge on any atom is -0.497 e. The molecule has 0 radical (unpaired) electrons. The van der Waals surface area contributed by atoms with Gasteiger partial charge in [0.1, 0.15) is 11.5 Å². The summed E-state index contributed by atoms with van der Waals surface area (Å²) in [5, 5.41) is 10.5. The molecule has 0 spiro atoms. The second-order valence-corrected chi connectivity index (χ2v) is 5.00. The van der Waals surface area contributed by atoms with Gasteiger partial charge in [-0.05, 0) is 35.4 Å². The molecule has 0 heterocycles. The van der Waals surface area contributed by atoms with Crippen molar-refractivity contribution < 1.29 is 14.6 Å². The quantitative estimate of drug-likeness (QED) is 0.832. The molecule has 0 bridgehead atoms. The molecule has 0 saturated carbocycles. The number of hydrogen-bond acceptors (Lipinski definition) is 3. The molecule has 0 fully saturated rings. The molecule has 0 aliphatic heterocycles. The molecule has 3 nitrogen and oxygen atoms in total. The van der Waals surface area contributed by atoms with Gasteiger partial charge < -0.3 is 14.6 Å². The van der Waals surface area contributed by atoms with Crippen LogP contribution in [-0.4, -0.2) is 25.4 Å². The van der Waals surface area contributed by atoms with Crippen molar-refractivity contribution >= 4 is 0 Å². The van der Waals surface area contributed by atoms with Crippen LogP contribution in [0.15, 0.2) is 48.5 Å². The van der Waals surface area contributed by atoms with Gasteiger partial charge in [0.05, 0.1) is 20.3 Å². The van der Waals surface area contributed by atoms with Crippen LogP contribution in [0.25, 0.3) is 0 Å². The number of ether oxygens (including phenoxy) is 2. The van der Waals surface area contributed by atoms with Crippen molar-refractivity contribution in [3.63, 3.8) is 0 Å². The average molecular weight is 296 g/mol. The van der Waals surface area contributed by atoms with Crippen molar-refractivity contribution in [2.75, 3.05) is 14.2 Å². The Labute approximate surface area is 131 Å². The van der Waals surface area contributed by atoms with Crippen LogP contribution in [0.1, 0.15) is 23.5 Å². The molecule has 2 aromatic rings. The van der Waals surface area contributed by atoms with Crippen LogP contribution in [0.5, 0.6) is 11.5 Å². The van der Waals surface area contributed by atoms with Crippen LogP contribution in [-0.2, 0) is 0 Å². The summed E-state index contributed by atoms with van der Waals surface area (Å²) in [6.45, 7) is 0. The Bertz CT molecular complexity index is 576. The van der Waals surface area contributed by atoms with Crippen LogP contribution >= 0.6 is 0 Å². The lowest BCUT2D eigenvalue weighted by Crippen LogP contribution is -2.19. The summed E-state index contributed by atoms with van der Waals surface area (Å²) in [5.41, 5.74) is 1.99. The third-order valence-electron chi connectivity index (χ3n) is 3.66. The Kier molecular flexibility index (Phi) is 5.46. The predicted octanol–water partition coefficient (Wildman–Crippen LogP) is 3.22. The number of hydrogen-bond donors (Lipinski definition) is 1. The van der Waals surface area contributed by atoms with Crippen LogP contribution in [0.4, 0.5) is 0 Å². The monoisotopic (exact) mass is 296 g/mol. The van der Waals surface area contributed by atoms with Gasteiger partial charge in [-0.15, -0.1) is 12.3 Å². The molecule has 2 rings (SSSR count). The molecule has 0 amide bonds. The van der Waals surface area contributed by atoms with E-state index in [2.05, 4.69) is 5.92 Å². The topological polar surface area (TPSA) is 38.7 Å². The van der Waals surface area contributed by atoms with Gasteiger partial charge in [0.2, 0.25) is 0 Å². The molecule has 0 aliphatic carbocycles. The maximum atomic E-state index is 10.5. The highest BCUT2D eigenvalue weighted by molar-refractivity contribution is 5.39. The zero-order chi connectivity index (χ0) is 15.9. The Hall–Kier alpha value is -2.44. The largest absolute Gasteiger partial charge is 0.497 e. The zero-order valence-corrected chi connectivity index (χ0v) is 12.8. The first-order valence-corrected chi connectivity index (χ1v) is 7.09. The third kappa shape index (κ3) is 3.60. The van der Waals surface area contributed by atoms with Crippen molar-refractivity contribution in [1.29, 1.82) is 0 Å². The molecule has 0 aromatic heterocycles. The van der Waals surface area contributed by atoms with Gasteiger partial charge in [-0.1, -0.05) is 24.3 Å². The second kappa shape index (κ2) is 7.53. The third-order valence-corrected chi connectivity index (χ3v) is 3.66. The van der Waals surface area contributed by atoms with Gasteiger partial charge in [0.25, 0.3) is 0 Å². The normalized spacial score (nSPS) is 11.8. The standard InChI is InChI=1S/C19H20O3/c1-4-5-18(20)19(14-6-10-16(21-2)11-7-14)15-8-12-17(22-3)13-9-15/h1,6-13,18-20H,5H2,2-3H3. The zero-order valence-electron chi connectivity index (χ0n) is 12.8. The fourth-order valence-electron chi connectivity index (χ4n) is 2.50. The molecule has 1 unspecified atom stereocenters. The lowest BCUT2D eigenvalue weighted by atomic mass is 9.85. The maximum absolute atomic E-state index is 10.5. The Morgan fingerprint density at radius 1 is 0.909 bits per heavy atom. The van der Waals surface area contributed by atoms with Crippen LogP contribution < -0.4 is 9.47 Å². The summed E-state index contributed by atoms with van der Waals surface area (Å²) < 4.78 is 10.4. The van der Waals surface area contributed by atoms with Crippen molar-refractivity contribution in [3.8, 4) is 23.8 Å². The van der Waals surface area contributed by atoms with E-state index in [1.165, 1.54) is 0 Å². The highest BCUT2D eigenvalue weighted by Crippen LogP contribution is 2.31. The van der Waals surface area contributed by atoms with Crippen molar-refractivity contribution in [2.45, 2.75) is 18.4 Å². The fourth-order valence-corrected chi connectivity index (χ4v) is 2.50. The lowest BCUT2D eigenvalue weighted by Gasteiger charge is -2.23. The number of aliphatic hydroxyl groups is 1. The molecule has 114 valence electrons. The molecule has 2 aromatic carbocycles. The van der Waals surface area contributed by atoms with Crippen LogP contribution in [0.3, 0.4) is 0 Å². The summed E-state index contributed by atoms with van der Waals surface area (Å²) >= 11 is 0. The smallest absolute Gasteiger partial charge is 0.118 e. The van der Waals surface area contributed by atoms with E-state index in [9.17, 15) is 5.11 Å². The van der Waals surface area contributed by atoms with E-state index in [1.54, 1.807) is 14.2 Å². The molecule has 0 saturated heterocycles. The minimum atomic E-state index is -0.646. The second-order valence-electron chi connectivity index (χ2n) is 5.00. The van der Waals surface area contributed by atoms with E-state index < -0.39 is 6.10 Å². The van der Waals surface area contributed by atoms with Gasteiger partial charge in [-0.2, -0.15) is 0 Å². The summed E-state index contributed by atoms with van der Waals surface area (Å²) in [5.74, 6) is 3.91. The highest BCUT2D eigenvalue weighted by atomic mass is 16.5. The Morgan fingerprint density at radius 2 is 1.32 bits per heavy atom. The molecular weight excluding hydrogens is 276 g/mol. The first-order chi connectivity index (χ1) is 10.7. The summed E-state index contributed by atoms with van der Waals surface area (Å²) in [7, 11) is 3.26. The van der Waals surface area contributed by atoms with Crippen molar-refractivity contribution in [1.82, 2.24) is 0 Å². The number of benzene rings is 2. The molecule has 0 aliphatic rings. The molecular formula is C19H20O3. The van der Waals surface area contributed by atoms with E-state index in [-0.39, 0.29) is 5.92 Å². The van der Waals surface area contributed by atoms with Crippen LogP contribution in [0.2, 0.25) is 0 Å². The lowest BCUT2D eigenvalue weighted by molar-refractivity contribution is 0.162. The number of rotatable bonds is 6. The highest BCUT2D eigenvalue weighted by Gasteiger charge is 2.22. The van der Waals surface area contributed by atoms with Crippen molar-refractivity contribution in [2.24, 2.45) is 0 Å². The fraction of sp³-hybridized carbons (Fsp3) is 0.263. The van der Waals surface area contributed by atoms with E-state index in [1.807, 2.05) is 48.5 Å². The Balaban J connectivity index is 2.38. The van der Waals surface area contributed by atoms with Gasteiger partial charge in [-0.25, -0.2) is 0 Å². The van der Waals surface area contributed by atoms with Crippen molar-refractivity contribution in [3.05, 3.63) is 59.7 Å². The first kappa shape index (κ1) is 15.9. The molecule has 3 heteroatoms. The van der Waals surface area contributed by atoms with E-state index in [4.69, 9.17) is 15.9 Å². The minimum absolute atomic E-state index is 0.187. The maximum Gasteiger partial charge on any atom is 0.118 e. The van der Waals surface area contributed by atoms with Crippen LogP contribution in [0, 0.1) is 12.3 Å². The van der Waals surface area contributed by atoms with E-state index >= 15 is 0 Å².